The highest BCUT2D eigenvalue weighted by molar-refractivity contribution is 5.51. The monoisotopic (exact) mass is 296 g/mol. The maximum atomic E-state index is 12.6. The molecule has 0 unspecified atom stereocenters. The molecule has 0 amide bonds. The largest absolute Gasteiger partial charge is 0.450 e. The van der Waals surface area contributed by atoms with Gasteiger partial charge < -0.3 is 4.74 Å². The molecule has 0 aliphatic heterocycles. The molecule has 2 aromatic rings. The molecule has 0 saturated heterocycles. The summed E-state index contributed by atoms with van der Waals surface area (Å²) in [6.45, 7) is 3.55. The molecule has 2 rings (SSSR count). The first-order valence-corrected chi connectivity index (χ1v) is 5.73. The van der Waals surface area contributed by atoms with Crippen LogP contribution >= 0.6 is 0 Å². The molecule has 109 valence electrons. The second-order valence-corrected chi connectivity index (χ2v) is 4.19. The van der Waals surface area contributed by atoms with E-state index in [9.17, 15) is 23.3 Å². The van der Waals surface area contributed by atoms with Gasteiger partial charge in [-0.25, -0.2) is 0 Å². The van der Waals surface area contributed by atoms with Crippen molar-refractivity contribution >= 4 is 5.69 Å². The second kappa shape index (κ2) is 5.43. The van der Waals surface area contributed by atoms with E-state index in [4.69, 9.17) is 4.74 Å². The topological polar surface area (TPSA) is 52.4 Å². The van der Waals surface area contributed by atoms with E-state index in [-0.39, 0.29) is 17.2 Å². The lowest BCUT2D eigenvalue weighted by Crippen LogP contribution is -2.04. The fourth-order valence-electron chi connectivity index (χ4n) is 1.65. The van der Waals surface area contributed by atoms with Gasteiger partial charge >= 0.3 is 11.9 Å². The minimum atomic E-state index is -4.51. The quantitative estimate of drug-likeness (QED) is 0.615. The number of hydrogen-bond donors (Lipinski definition) is 0. The van der Waals surface area contributed by atoms with Gasteiger partial charge in [0.25, 0.3) is 0 Å². The highest BCUT2D eigenvalue weighted by atomic mass is 19.4. The van der Waals surface area contributed by atoms with Gasteiger partial charge in [0, 0.05) is 6.07 Å². The molecule has 0 aliphatic rings. The molecule has 0 spiro atoms. The van der Waals surface area contributed by atoms with Gasteiger partial charge in [0.15, 0.2) is 0 Å². The number of hydrogen-bond acceptors (Lipinski definition) is 3. The predicted octanol–water partition coefficient (Wildman–Crippen LogP) is 4.59. The van der Waals surface area contributed by atoms with Crippen molar-refractivity contribution in [3.63, 3.8) is 0 Å². The Balaban J connectivity index is 2.37. The first kappa shape index (κ1) is 14.8. The third kappa shape index (κ3) is 3.50. The van der Waals surface area contributed by atoms with E-state index in [1.807, 2.05) is 0 Å². The fraction of sp³-hybridized carbons (Fsp3) is 0.0714. The van der Waals surface area contributed by atoms with Gasteiger partial charge in [-0.1, -0.05) is 12.1 Å². The Morgan fingerprint density at radius 1 is 1.14 bits per heavy atom. The number of ether oxygens (including phenoxy) is 1. The molecule has 0 atom stereocenters. The Labute approximate surface area is 117 Å². The average molecular weight is 296 g/mol. The summed E-state index contributed by atoms with van der Waals surface area (Å²) < 4.78 is 43.0. The molecule has 0 bridgehead atoms. The van der Waals surface area contributed by atoms with Gasteiger partial charge in [-0.05, 0) is 36.8 Å². The van der Waals surface area contributed by atoms with E-state index >= 15 is 0 Å². The van der Waals surface area contributed by atoms with Crippen molar-refractivity contribution < 1.29 is 22.8 Å². The van der Waals surface area contributed by atoms with Crippen LogP contribution in [-0.4, -0.2) is 4.92 Å². The van der Waals surface area contributed by atoms with Crippen molar-refractivity contribution in [3.05, 3.63) is 70.6 Å². The van der Waals surface area contributed by atoms with Gasteiger partial charge in [0.05, 0.1) is 10.5 Å². The third-order valence-corrected chi connectivity index (χ3v) is 2.61. The third-order valence-electron chi connectivity index (χ3n) is 2.61. The molecule has 7 heteroatoms. The van der Waals surface area contributed by atoms with E-state index in [0.717, 1.165) is 12.1 Å². The lowest BCUT2D eigenvalue weighted by atomic mass is 10.2. The summed E-state index contributed by atoms with van der Waals surface area (Å²) in [4.78, 5) is 10.2. The number of halogens is 3. The Morgan fingerprint density at radius 3 is 2.48 bits per heavy atom. The predicted molar refractivity (Wildman–Crippen MR) is 69.1 cm³/mol. The van der Waals surface area contributed by atoms with Crippen LogP contribution in [0.25, 0.3) is 0 Å². The smallest absolute Gasteiger partial charge is 0.416 e. The maximum absolute atomic E-state index is 12.6. The summed E-state index contributed by atoms with van der Waals surface area (Å²) in [6.07, 6.45) is -4.51. The molecule has 0 fully saturated rings. The van der Waals surface area contributed by atoms with E-state index in [2.05, 4.69) is 6.92 Å². The molecule has 4 nitrogen and oxygen atoms in total. The van der Waals surface area contributed by atoms with Gasteiger partial charge in [-0.3, -0.25) is 10.1 Å². The van der Waals surface area contributed by atoms with E-state index in [1.165, 1.54) is 30.3 Å². The molecular weight excluding hydrogens is 287 g/mol. The number of nitro groups is 1. The first-order chi connectivity index (χ1) is 9.77. The molecule has 2 aromatic carbocycles. The summed E-state index contributed by atoms with van der Waals surface area (Å²) in [6, 6.07) is 8.07. The first-order valence-electron chi connectivity index (χ1n) is 5.73. The highest BCUT2D eigenvalue weighted by Gasteiger charge is 2.30. The molecule has 0 N–H and O–H groups in total. The zero-order valence-corrected chi connectivity index (χ0v) is 10.6. The Hall–Kier alpha value is -2.57. The average Bonchev–Trinajstić information content (AvgIpc) is 2.40. The van der Waals surface area contributed by atoms with Crippen LogP contribution in [-0.2, 0) is 6.18 Å². The lowest BCUT2D eigenvalue weighted by Gasteiger charge is -2.10. The SMILES string of the molecule is [CH2]c1ccc(Oc2cccc(C(F)(F)F)c2)c([N+](=O)[O-])c1. The van der Waals surface area contributed by atoms with Crippen molar-refractivity contribution in [2.75, 3.05) is 0 Å². The van der Waals surface area contributed by atoms with E-state index in [1.54, 1.807) is 0 Å². The normalized spacial score (nSPS) is 11.2. The Morgan fingerprint density at radius 2 is 1.86 bits per heavy atom. The van der Waals surface area contributed by atoms with Crippen LogP contribution in [0.2, 0.25) is 0 Å². The zero-order valence-electron chi connectivity index (χ0n) is 10.6. The van der Waals surface area contributed by atoms with Crippen LogP contribution in [0, 0.1) is 17.0 Å². The van der Waals surface area contributed by atoms with Crippen LogP contribution in [0.4, 0.5) is 18.9 Å². The molecule has 0 aromatic heterocycles. The zero-order chi connectivity index (χ0) is 15.6. The fourth-order valence-corrected chi connectivity index (χ4v) is 1.65. The summed E-state index contributed by atoms with van der Waals surface area (Å²) in [5.41, 5.74) is -0.852. The van der Waals surface area contributed by atoms with Crippen molar-refractivity contribution in [1.82, 2.24) is 0 Å². The van der Waals surface area contributed by atoms with Gasteiger partial charge in [0.1, 0.15) is 5.75 Å². The second-order valence-electron chi connectivity index (χ2n) is 4.19. The van der Waals surface area contributed by atoms with Crippen molar-refractivity contribution in [2.24, 2.45) is 0 Å². The van der Waals surface area contributed by atoms with Crippen molar-refractivity contribution in [2.45, 2.75) is 6.18 Å². The number of alkyl halides is 3. The van der Waals surface area contributed by atoms with Gasteiger partial charge in [-0.2, -0.15) is 13.2 Å². The minimum Gasteiger partial charge on any atom is -0.450 e. The minimum absolute atomic E-state index is 0.135. The number of nitro benzene ring substituents is 1. The molecule has 0 aliphatic carbocycles. The molecule has 21 heavy (non-hydrogen) atoms. The molecular formula is C14H9F3NO3. The summed E-state index contributed by atoms with van der Waals surface area (Å²) in [7, 11) is 0. The Bertz CT molecular complexity index is 683. The molecule has 1 radical (unpaired) electrons. The highest BCUT2D eigenvalue weighted by Crippen LogP contribution is 2.35. The standard InChI is InChI=1S/C14H9F3NO3/c1-9-5-6-13(12(7-9)18(19)20)21-11-4-2-3-10(8-11)14(15,16)17/h2-8H,1H2. The van der Waals surface area contributed by atoms with Crippen LogP contribution < -0.4 is 4.74 Å². The van der Waals surface area contributed by atoms with Crippen LogP contribution in [0.15, 0.2) is 42.5 Å². The van der Waals surface area contributed by atoms with Crippen molar-refractivity contribution in [3.8, 4) is 11.5 Å². The van der Waals surface area contributed by atoms with Gasteiger partial charge in [0.2, 0.25) is 5.75 Å². The van der Waals surface area contributed by atoms with E-state index < -0.39 is 16.7 Å². The Kier molecular flexibility index (Phi) is 3.84. The van der Waals surface area contributed by atoms with E-state index in [0.29, 0.717) is 5.56 Å². The van der Waals surface area contributed by atoms with Crippen LogP contribution in [0.3, 0.4) is 0 Å². The molecule has 0 saturated carbocycles. The number of rotatable bonds is 3. The van der Waals surface area contributed by atoms with Crippen LogP contribution in [0.1, 0.15) is 11.1 Å². The van der Waals surface area contributed by atoms with Crippen LogP contribution in [0.5, 0.6) is 11.5 Å². The molecule has 0 heterocycles. The lowest BCUT2D eigenvalue weighted by molar-refractivity contribution is -0.385. The maximum Gasteiger partial charge on any atom is 0.416 e. The number of nitrogens with zero attached hydrogens (tertiary/aromatic N) is 1. The van der Waals surface area contributed by atoms with Crippen molar-refractivity contribution in [1.29, 1.82) is 0 Å². The summed E-state index contributed by atoms with van der Waals surface area (Å²) in [5.74, 6) is -0.281. The summed E-state index contributed by atoms with van der Waals surface area (Å²) >= 11 is 0. The number of benzene rings is 2. The van der Waals surface area contributed by atoms with Gasteiger partial charge in [-0.15, -0.1) is 0 Å². The summed E-state index contributed by atoms with van der Waals surface area (Å²) in [5, 5.41) is 10.9.